The number of hydrogen-bond donors (Lipinski definition) is 2. The Morgan fingerprint density at radius 3 is 1.74 bits per heavy atom. The fourth-order valence-electron chi connectivity index (χ4n) is 5.56. The minimum atomic E-state index is -1.12. The number of hydrogen-bond acceptors (Lipinski definition) is 10. The molecule has 5 rings (SSSR count). The summed E-state index contributed by atoms with van der Waals surface area (Å²) in [6, 6.07) is 28.1. The van der Waals surface area contributed by atoms with Gasteiger partial charge in [0.25, 0.3) is 0 Å². The molecule has 0 saturated carbocycles. The van der Waals surface area contributed by atoms with Crippen molar-refractivity contribution < 1.29 is 38.9 Å². The summed E-state index contributed by atoms with van der Waals surface area (Å²) in [4.78, 5) is 20.8. The SMILES string of the molecule is COc1cccc(OC)c1C(=O)C(C(/C=C(/O)c1c(OC)cccc1OC)N(O)Cc1ccccc1)C1ON1Cc1ccccc1. The normalized spacial score (nSPS) is 17.2. The van der Waals surface area contributed by atoms with Crippen molar-refractivity contribution in [1.82, 2.24) is 10.1 Å². The van der Waals surface area contributed by atoms with E-state index >= 15 is 0 Å². The van der Waals surface area contributed by atoms with Gasteiger partial charge in [-0.05, 0) is 41.5 Å². The number of carbonyl (C=O) groups excluding carboxylic acids is 1. The molecule has 4 aromatic carbocycles. The van der Waals surface area contributed by atoms with Crippen molar-refractivity contribution in [2.75, 3.05) is 28.4 Å². The molecule has 1 heterocycles. The van der Waals surface area contributed by atoms with Gasteiger partial charge < -0.3 is 29.3 Å². The van der Waals surface area contributed by atoms with Gasteiger partial charge in [0.1, 0.15) is 34.3 Å². The first-order chi connectivity index (χ1) is 22.4. The highest BCUT2D eigenvalue weighted by molar-refractivity contribution is 6.04. The van der Waals surface area contributed by atoms with E-state index in [0.717, 1.165) is 16.2 Å². The van der Waals surface area contributed by atoms with Crippen LogP contribution in [-0.2, 0) is 17.9 Å². The van der Waals surface area contributed by atoms with Gasteiger partial charge in [0, 0.05) is 6.54 Å². The quantitative estimate of drug-likeness (QED) is 0.0689. The molecule has 1 saturated heterocycles. The highest BCUT2D eigenvalue weighted by Gasteiger charge is 2.52. The number of nitrogens with zero attached hydrogens (tertiary/aromatic N) is 2. The lowest BCUT2D eigenvalue weighted by Gasteiger charge is -2.30. The molecule has 1 aliphatic rings. The van der Waals surface area contributed by atoms with Crippen LogP contribution in [0.2, 0.25) is 0 Å². The largest absolute Gasteiger partial charge is 0.507 e. The maximum absolute atomic E-state index is 14.8. The highest BCUT2D eigenvalue weighted by atomic mass is 16.8. The summed E-state index contributed by atoms with van der Waals surface area (Å²) in [6.07, 6.45) is 0.650. The average Bonchev–Trinajstić information content (AvgIpc) is 3.85. The number of Topliss-reactive ketones (excluding diaryl/α,β-unsaturated/α-hetero) is 1. The van der Waals surface area contributed by atoms with Crippen LogP contribution >= 0.6 is 0 Å². The summed E-state index contributed by atoms with van der Waals surface area (Å²) in [6.45, 7) is 0.432. The van der Waals surface area contributed by atoms with E-state index in [1.165, 1.54) is 34.5 Å². The van der Waals surface area contributed by atoms with Gasteiger partial charge in [-0.3, -0.25) is 9.63 Å². The second kappa shape index (κ2) is 14.9. The number of aliphatic hydroxyl groups is 1. The summed E-state index contributed by atoms with van der Waals surface area (Å²) in [5, 5.41) is 26.2. The number of carbonyl (C=O) groups is 1. The second-order valence-electron chi connectivity index (χ2n) is 10.6. The van der Waals surface area contributed by atoms with Gasteiger partial charge in [-0.2, -0.15) is 10.1 Å². The lowest BCUT2D eigenvalue weighted by Crippen LogP contribution is -2.44. The van der Waals surface area contributed by atoms with Gasteiger partial charge in [0.05, 0.1) is 52.5 Å². The summed E-state index contributed by atoms with van der Waals surface area (Å²) in [5.74, 6) is -0.449. The number of ether oxygens (including phenoxy) is 4. The highest BCUT2D eigenvalue weighted by Crippen LogP contribution is 2.41. The summed E-state index contributed by atoms with van der Waals surface area (Å²) < 4.78 is 22.3. The van der Waals surface area contributed by atoms with Crippen LogP contribution in [0.3, 0.4) is 0 Å². The number of rotatable bonds is 15. The van der Waals surface area contributed by atoms with E-state index in [-0.39, 0.29) is 23.4 Å². The Bertz CT molecular complexity index is 1600. The Morgan fingerprint density at radius 2 is 1.24 bits per heavy atom. The predicted molar refractivity (Wildman–Crippen MR) is 172 cm³/mol. The zero-order valence-corrected chi connectivity index (χ0v) is 26.2. The van der Waals surface area contributed by atoms with Gasteiger partial charge in [-0.1, -0.05) is 72.8 Å². The molecule has 0 aromatic heterocycles. The maximum Gasteiger partial charge on any atom is 0.179 e. The minimum Gasteiger partial charge on any atom is -0.507 e. The van der Waals surface area contributed by atoms with Crippen LogP contribution in [0.25, 0.3) is 5.76 Å². The monoisotopic (exact) mass is 626 g/mol. The van der Waals surface area contributed by atoms with Gasteiger partial charge in [-0.25, -0.2) is 0 Å². The number of benzene rings is 4. The second-order valence-corrected chi connectivity index (χ2v) is 10.6. The molecule has 4 unspecified atom stereocenters. The van der Waals surface area contributed by atoms with Crippen LogP contribution in [-0.4, -0.2) is 66.9 Å². The number of hydroxylamine groups is 4. The molecule has 0 spiro atoms. The smallest absolute Gasteiger partial charge is 0.179 e. The zero-order chi connectivity index (χ0) is 32.6. The molecule has 0 aliphatic carbocycles. The topological polar surface area (TPSA) is 113 Å². The first-order valence-electron chi connectivity index (χ1n) is 14.7. The van der Waals surface area contributed by atoms with E-state index in [1.807, 2.05) is 60.7 Å². The van der Waals surface area contributed by atoms with Crippen molar-refractivity contribution in [3.05, 3.63) is 125 Å². The van der Waals surface area contributed by atoms with Crippen molar-refractivity contribution in [2.24, 2.45) is 5.92 Å². The van der Waals surface area contributed by atoms with E-state index in [2.05, 4.69) is 0 Å². The van der Waals surface area contributed by atoms with Crippen LogP contribution in [0.4, 0.5) is 0 Å². The Hall–Kier alpha value is -4.87. The molecule has 4 atom stereocenters. The van der Waals surface area contributed by atoms with Crippen LogP contribution in [0, 0.1) is 5.92 Å². The summed E-state index contributed by atoms with van der Waals surface area (Å²) in [5.41, 5.74) is 2.22. The minimum absolute atomic E-state index is 0.0383. The van der Waals surface area contributed by atoms with E-state index in [1.54, 1.807) is 41.5 Å². The third-order valence-corrected chi connectivity index (χ3v) is 7.86. The predicted octanol–water partition coefficient (Wildman–Crippen LogP) is 6.15. The average molecular weight is 627 g/mol. The van der Waals surface area contributed by atoms with Crippen molar-refractivity contribution in [3.8, 4) is 23.0 Å². The first-order valence-corrected chi connectivity index (χ1v) is 14.7. The van der Waals surface area contributed by atoms with Gasteiger partial charge in [-0.15, -0.1) is 0 Å². The van der Waals surface area contributed by atoms with Crippen molar-refractivity contribution in [2.45, 2.75) is 25.4 Å². The molecule has 4 aromatic rings. The maximum atomic E-state index is 14.8. The third kappa shape index (κ3) is 7.16. The van der Waals surface area contributed by atoms with E-state index in [0.29, 0.717) is 29.5 Å². The Balaban J connectivity index is 1.65. The van der Waals surface area contributed by atoms with Gasteiger partial charge in [0.15, 0.2) is 12.0 Å². The molecule has 0 amide bonds. The third-order valence-electron chi connectivity index (χ3n) is 7.86. The van der Waals surface area contributed by atoms with Crippen molar-refractivity contribution in [1.29, 1.82) is 0 Å². The molecule has 2 N–H and O–H groups in total. The molecular weight excluding hydrogens is 588 g/mol. The zero-order valence-electron chi connectivity index (χ0n) is 26.2. The summed E-state index contributed by atoms with van der Waals surface area (Å²) in [7, 11) is 5.91. The van der Waals surface area contributed by atoms with E-state index in [4.69, 9.17) is 23.8 Å². The van der Waals surface area contributed by atoms with Crippen LogP contribution in [0.5, 0.6) is 23.0 Å². The van der Waals surface area contributed by atoms with E-state index < -0.39 is 24.0 Å². The first kappa shape index (κ1) is 32.5. The van der Waals surface area contributed by atoms with Crippen molar-refractivity contribution in [3.63, 3.8) is 0 Å². The molecule has 1 aliphatic heterocycles. The Kier molecular flexibility index (Phi) is 10.6. The molecule has 10 nitrogen and oxygen atoms in total. The molecule has 46 heavy (non-hydrogen) atoms. The van der Waals surface area contributed by atoms with E-state index in [9.17, 15) is 15.1 Å². The molecule has 0 radical (unpaired) electrons. The molecule has 10 heteroatoms. The fourth-order valence-corrected chi connectivity index (χ4v) is 5.56. The van der Waals surface area contributed by atoms with Crippen LogP contribution in [0.1, 0.15) is 27.0 Å². The Morgan fingerprint density at radius 1 is 0.761 bits per heavy atom. The molecule has 0 bridgehead atoms. The Labute approximate surface area is 268 Å². The summed E-state index contributed by atoms with van der Waals surface area (Å²) >= 11 is 0. The van der Waals surface area contributed by atoms with Gasteiger partial charge >= 0.3 is 0 Å². The molecular formula is C36H38N2O8. The molecule has 1 fully saturated rings. The van der Waals surface area contributed by atoms with Gasteiger partial charge in [0.2, 0.25) is 0 Å². The van der Waals surface area contributed by atoms with Crippen LogP contribution < -0.4 is 18.9 Å². The number of ketones is 1. The standard InChI is InChI=1S/C36H38N2O8/c1-42-28-17-11-18-29(43-2)33(28)27(39)21-26(37(41)22-24-13-7-5-8-14-24)32(36-38(46-36)23-25-15-9-6-10-16-25)35(40)34-30(44-3)19-12-20-31(34)45-4/h5-21,26,32,36,39,41H,22-23H2,1-4H3/b27-21+. The lowest BCUT2D eigenvalue weighted by atomic mass is 9.87. The lowest BCUT2D eigenvalue weighted by molar-refractivity contribution is -0.133. The number of methoxy groups -OCH3 is 4. The fraction of sp³-hybridized carbons (Fsp3) is 0.250. The number of aliphatic hydroxyl groups excluding tert-OH is 1. The van der Waals surface area contributed by atoms with Crippen LogP contribution in [0.15, 0.2) is 103 Å². The van der Waals surface area contributed by atoms with Crippen molar-refractivity contribution >= 4 is 11.5 Å². The molecule has 240 valence electrons.